The van der Waals surface area contributed by atoms with Crippen LogP contribution in [0.15, 0.2) is 11.6 Å². The molecule has 9 atom stereocenters. The maximum atomic E-state index is 12.1. The predicted octanol–water partition coefficient (Wildman–Crippen LogP) is 5.01. The monoisotopic (exact) mass is 390 g/mol. The summed E-state index contributed by atoms with van der Waals surface area (Å²) < 4.78 is 0. The number of rotatable bonds is 1. The first-order valence-corrected chi connectivity index (χ1v) is 11.7. The van der Waals surface area contributed by atoms with Gasteiger partial charge in [-0.25, -0.2) is 0 Å². The minimum Gasteiger partial charge on any atom is -0.396 e. The van der Waals surface area contributed by atoms with Crippen LogP contribution in [0.25, 0.3) is 0 Å². The molecule has 9 unspecified atom stereocenters. The number of allylic oxidation sites excluding steroid dienone is 1. The Morgan fingerprint density at radius 1 is 1.14 bits per heavy atom. The van der Waals surface area contributed by atoms with Gasteiger partial charge in [-0.2, -0.15) is 0 Å². The third-order valence-electron chi connectivity index (χ3n) is 9.41. The summed E-state index contributed by atoms with van der Waals surface area (Å²) in [6.45, 7) is 14.1. The normalized spacial score (nSPS) is 49.9. The van der Waals surface area contributed by atoms with Crippen molar-refractivity contribution in [3.8, 4) is 0 Å². The van der Waals surface area contributed by atoms with Gasteiger partial charge in [0, 0.05) is 13.0 Å². The number of hydrogen-bond acceptors (Lipinski definition) is 3. The largest absolute Gasteiger partial charge is 0.396 e. The highest BCUT2D eigenvalue weighted by Crippen LogP contribution is 2.68. The van der Waals surface area contributed by atoms with Gasteiger partial charge in [-0.1, -0.05) is 47.1 Å². The Bertz CT molecular complexity index is 623. The molecule has 28 heavy (non-hydrogen) atoms. The predicted molar refractivity (Wildman–Crippen MR) is 114 cm³/mol. The first-order valence-electron chi connectivity index (χ1n) is 11.7. The van der Waals surface area contributed by atoms with E-state index in [1.54, 1.807) is 0 Å². The fourth-order valence-electron chi connectivity index (χ4n) is 7.62. The molecule has 160 valence electrons. The van der Waals surface area contributed by atoms with E-state index in [-0.39, 0.29) is 16.9 Å². The van der Waals surface area contributed by atoms with E-state index in [1.807, 2.05) is 13.0 Å². The number of aliphatic hydroxyl groups excluding tert-OH is 2. The van der Waals surface area contributed by atoms with E-state index in [0.717, 1.165) is 25.7 Å². The molecule has 0 amide bonds. The molecule has 0 heterocycles. The summed E-state index contributed by atoms with van der Waals surface area (Å²) in [5.74, 6) is 3.92. The number of ketones is 1. The Kier molecular flexibility index (Phi) is 6.19. The highest BCUT2D eigenvalue weighted by atomic mass is 16.3. The van der Waals surface area contributed by atoms with Gasteiger partial charge in [0.25, 0.3) is 0 Å². The van der Waals surface area contributed by atoms with Gasteiger partial charge in [0.15, 0.2) is 5.78 Å². The van der Waals surface area contributed by atoms with Gasteiger partial charge < -0.3 is 10.2 Å². The molecule has 4 aliphatic carbocycles. The van der Waals surface area contributed by atoms with Gasteiger partial charge in [0.2, 0.25) is 0 Å². The van der Waals surface area contributed by atoms with Crippen LogP contribution >= 0.6 is 0 Å². The molecule has 0 aromatic carbocycles. The summed E-state index contributed by atoms with van der Waals surface area (Å²) in [4.78, 5) is 12.1. The Labute approximate surface area is 172 Å². The quantitative estimate of drug-likeness (QED) is 0.662. The highest BCUT2D eigenvalue weighted by Gasteiger charge is 2.63. The van der Waals surface area contributed by atoms with Crippen molar-refractivity contribution in [1.82, 2.24) is 0 Å². The van der Waals surface area contributed by atoms with Crippen LogP contribution in [0.2, 0.25) is 0 Å². The maximum absolute atomic E-state index is 12.1. The summed E-state index contributed by atoms with van der Waals surface area (Å²) >= 11 is 0. The third kappa shape index (κ3) is 3.21. The van der Waals surface area contributed by atoms with E-state index < -0.39 is 0 Å². The first-order chi connectivity index (χ1) is 13.1. The smallest absolute Gasteiger partial charge is 0.155 e. The van der Waals surface area contributed by atoms with Gasteiger partial charge in [-0.3, -0.25) is 4.79 Å². The molecule has 3 heteroatoms. The van der Waals surface area contributed by atoms with Crippen LogP contribution in [0, 0.1) is 46.3 Å². The maximum Gasteiger partial charge on any atom is 0.155 e. The second-order valence-corrected chi connectivity index (χ2v) is 10.8. The Morgan fingerprint density at radius 3 is 2.39 bits per heavy atom. The average molecular weight is 391 g/mol. The summed E-state index contributed by atoms with van der Waals surface area (Å²) in [5, 5.41) is 18.7. The summed E-state index contributed by atoms with van der Waals surface area (Å²) in [6, 6.07) is 0. The molecular weight excluding hydrogens is 348 g/mol. The van der Waals surface area contributed by atoms with Crippen LogP contribution in [0.5, 0.6) is 0 Å². The molecule has 3 fully saturated rings. The molecule has 4 rings (SSSR count). The van der Waals surface area contributed by atoms with Crippen molar-refractivity contribution < 1.29 is 15.0 Å². The number of carbonyl (C=O) groups excluding carboxylic acids is 1. The third-order valence-corrected chi connectivity index (χ3v) is 9.41. The average Bonchev–Trinajstić information content (AvgIpc) is 2.91. The van der Waals surface area contributed by atoms with Crippen LogP contribution in [0.1, 0.15) is 80.1 Å². The van der Waals surface area contributed by atoms with E-state index in [0.29, 0.717) is 47.9 Å². The topological polar surface area (TPSA) is 57.5 Å². The lowest BCUT2D eigenvalue weighted by molar-refractivity contribution is -0.122. The van der Waals surface area contributed by atoms with E-state index in [9.17, 15) is 9.90 Å². The molecule has 0 aliphatic heterocycles. The van der Waals surface area contributed by atoms with E-state index in [4.69, 9.17) is 5.11 Å². The minimum absolute atomic E-state index is 0.108. The number of fused-ring (bicyclic) bond motifs is 5. The lowest BCUT2D eigenvalue weighted by atomic mass is 9.43. The number of hydrogen-bond donors (Lipinski definition) is 2. The highest BCUT2D eigenvalue weighted by molar-refractivity contribution is 5.91. The van der Waals surface area contributed by atoms with Crippen LogP contribution in [0.4, 0.5) is 0 Å². The zero-order chi connectivity index (χ0) is 20.9. The first kappa shape index (κ1) is 22.0. The van der Waals surface area contributed by atoms with Crippen molar-refractivity contribution in [3.05, 3.63) is 11.6 Å². The second kappa shape index (κ2) is 7.87. The summed E-state index contributed by atoms with van der Waals surface area (Å²) in [7, 11) is 0. The van der Waals surface area contributed by atoms with Crippen LogP contribution < -0.4 is 0 Å². The van der Waals surface area contributed by atoms with Gasteiger partial charge in [0.05, 0.1) is 6.10 Å². The zero-order valence-corrected chi connectivity index (χ0v) is 18.9. The van der Waals surface area contributed by atoms with Gasteiger partial charge in [-0.15, -0.1) is 0 Å². The SMILES string of the molecule is CC1CC2C3C(C)C(C)C4=CC(=O)CCC4(C)C3CCC2(C)C1O.CCCO. The van der Waals surface area contributed by atoms with Gasteiger partial charge in [-0.05, 0) is 84.5 Å². The van der Waals surface area contributed by atoms with Crippen LogP contribution in [-0.4, -0.2) is 28.7 Å². The van der Waals surface area contributed by atoms with Crippen LogP contribution in [-0.2, 0) is 4.79 Å². The standard InChI is InChI=1S/C22H34O2.C3H8O/c1-12-10-18-19-14(3)13(2)17-11-15(23)6-8-21(17,4)16(19)7-9-22(18,5)20(12)24;1-2-3-4/h11-14,16,18-20,24H,6-10H2,1-5H3;4H,2-3H2,1H3. The lowest BCUT2D eigenvalue weighted by Crippen LogP contribution is -2.56. The van der Waals surface area contributed by atoms with Crippen molar-refractivity contribution >= 4 is 5.78 Å². The number of aliphatic hydroxyl groups is 2. The molecule has 0 radical (unpaired) electrons. The zero-order valence-electron chi connectivity index (χ0n) is 18.9. The molecule has 3 nitrogen and oxygen atoms in total. The van der Waals surface area contributed by atoms with Gasteiger partial charge in [0.1, 0.15) is 0 Å². The van der Waals surface area contributed by atoms with E-state index in [2.05, 4.69) is 34.6 Å². The van der Waals surface area contributed by atoms with Crippen LogP contribution in [0.3, 0.4) is 0 Å². The van der Waals surface area contributed by atoms with Crippen molar-refractivity contribution in [2.45, 2.75) is 86.2 Å². The molecule has 0 saturated heterocycles. The molecule has 0 spiro atoms. The lowest BCUT2D eigenvalue weighted by Gasteiger charge is -2.61. The molecule has 0 aromatic rings. The Balaban J connectivity index is 0.000000516. The second-order valence-electron chi connectivity index (χ2n) is 10.8. The fraction of sp³-hybridized carbons (Fsp3) is 0.880. The molecule has 2 N–H and O–H groups in total. The van der Waals surface area contributed by atoms with Crippen molar-refractivity contribution in [1.29, 1.82) is 0 Å². The van der Waals surface area contributed by atoms with E-state index >= 15 is 0 Å². The molecule has 0 aromatic heterocycles. The minimum atomic E-state index is -0.136. The molecule has 3 saturated carbocycles. The van der Waals surface area contributed by atoms with Crippen molar-refractivity contribution in [2.75, 3.05) is 6.61 Å². The fourth-order valence-corrected chi connectivity index (χ4v) is 7.62. The van der Waals surface area contributed by atoms with Crippen molar-refractivity contribution in [3.63, 3.8) is 0 Å². The molecular formula is C25H42O3. The molecule has 0 bridgehead atoms. The van der Waals surface area contributed by atoms with Crippen molar-refractivity contribution in [2.24, 2.45) is 46.3 Å². The summed E-state index contributed by atoms with van der Waals surface area (Å²) in [5.41, 5.74) is 1.77. The van der Waals surface area contributed by atoms with E-state index in [1.165, 1.54) is 18.4 Å². The number of carbonyl (C=O) groups is 1. The van der Waals surface area contributed by atoms with Gasteiger partial charge >= 0.3 is 0 Å². The summed E-state index contributed by atoms with van der Waals surface area (Å²) in [6.07, 6.45) is 8.08. The Morgan fingerprint density at radius 2 is 1.79 bits per heavy atom. The molecule has 4 aliphatic rings. The Hall–Kier alpha value is -0.670.